The lowest BCUT2D eigenvalue weighted by Gasteiger charge is -1.69. The lowest BCUT2D eigenvalue weighted by molar-refractivity contribution is 1.02. The van der Waals surface area contributed by atoms with Gasteiger partial charge in [0.05, 0.1) is 0 Å². The Balaban J connectivity index is 0. The number of hydrogen-bond acceptors (Lipinski definition) is 2. The Morgan fingerprint density at radius 2 is 1.75 bits per heavy atom. The Labute approximate surface area is 51.1 Å². The van der Waals surface area contributed by atoms with E-state index < -0.39 is 0 Å². The van der Waals surface area contributed by atoms with Crippen molar-refractivity contribution in [2.45, 2.75) is 6.92 Å². The molecule has 0 unspecified atom stereocenters. The maximum Gasteiger partial charge on any atom is 0.0277 e. The summed E-state index contributed by atoms with van der Waals surface area (Å²) in [6, 6.07) is 0. The summed E-state index contributed by atoms with van der Waals surface area (Å²) in [5, 5.41) is 9.38. The largest absolute Gasteiger partial charge is 0.323 e. The summed E-state index contributed by atoms with van der Waals surface area (Å²) in [7, 11) is 3.75. The van der Waals surface area contributed by atoms with Crippen molar-refractivity contribution in [1.82, 2.24) is 5.32 Å². The van der Waals surface area contributed by atoms with Crippen LogP contribution in [0, 0.1) is 5.41 Å². The first-order valence-corrected chi connectivity index (χ1v) is 2.45. The molecule has 0 radical (unpaired) electrons. The van der Waals surface area contributed by atoms with E-state index in [1.165, 1.54) is 6.08 Å². The van der Waals surface area contributed by atoms with Gasteiger partial charge in [-0.05, 0) is 27.1 Å². The first-order valence-electron chi connectivity index (χ1n) is 2.45. The number of nitrogens with one attached hydrogen (secondary N) is 2. The van der Waals surface area contributed by atoms with Crippen LogP contribution in [0.1, 0.15) is 6.92 Å². The van der Waals surface area contributed by atoms with Crippen LogP contribution in [0.15, 0.2) is 12.7 Å². The van der Waals surface area contributed by atoms with E-state index in [-0.39, 0.29) is 0 Å². The molecule has 0 saturated heterocycles. The van der Waals surface area contributed by atoms with E-state index in [0.717, 1.165) is 0 Å². The highest BCUT2D eigenvalue weighted by atomic mass is 14.7. The van der Waals surface area contributed by atoms with Gasteiger partial charge < -0.3 is 10.7 Å². The molecule has 0 aromatic carbocycles. The zero-order valence-electron chi connectivity index (χ0n) is 5.78. The van der Waals surface area contributed by atoms with Crippen LogP contribution in [0.3, 0.4) is 0 Å². The summed E-state index contributed by atoms with van der Waals surface area (Å²) in [6.07, 6.45) is 1.50. The molecular weight excluding hydrogens is 100 g/mol. The van der Waals surface area contributed by atoms with Gasteiger partial charge in [0, 0.05) is 5.71 Å². The average Bonchev–Trinajstić information content (AvgIpc) is 1.69. The molecule has 0 aliphatic carbocycles. The molecule has 0 atom stereocenters. The predicted molar refractivity (Wildman–Crippen MR) is 38.6 cm³/mol. The standard InChI is InChI=1S/C4H7N.C2H7N/c1-3-4(2)5;1-3-2/h3,5H,1H2,2H3;3H,1-2H3. The second kappa shape index (κ2) is 9.62. The lowest BCUT2D eigenvalue weighted by Crippen LogP contribution is -1.89. The Hall–Kier alpha value is -0.630. The fraction of sp³-hybridized carbons (Fsp3) is 0.500. The fourth-order valence-electron chi connectivity index (χ4n) is 0. The normalized spacial score (nSPS) is 6.38. The van der Waals surface area contributed by atoms with E-state index in [2.05, 4.69) is 11.9 Å². The van der Waals surface area contributed by atoms with Gasteiger partial charge in [-0.1, -0.05) is 6.58 Å². The molecular formula is C6H14N2. The molecule has 0 fully saturated rings. The molecule has 0 rings (SSSR count). The molecule has 0 aromatic rings. The molecule has 0 aromatic heterocycles. The van der Waals surface area contributed by atoms with Gasteiger partial charge in [-0.15, -0.1) is 0 Å². The van der Waals surface area contributed by atoms with Gasteiger partial charge in [0.2, 0.25) is 0 Å². The molecule has 2 heteroatoms. The molecule has 0 heterocycles. The monoisotopic (exact) mass is 114 g/mol. The van der Waals surface area contributed by atoms with E-state index >= 15 is 0 Å². The van der Waals surface area contributed by atoms with Crippen LogP contribution in [-0.4, -0.2) is 19.8 Å². The van der Waals surface area contributed by atoms with Crippen molar-refractivity contribution >= 4 is 5.71 Å². The minimum Gasteiger partial charge on any atom is -0.323 e. The van der Waals surface area contributed by atoms with Crippen LogP contribution in [-0.2, 0) is 0 Å². The third kappa shape index (κ3) is 54.6. The average molecular weight is 114 g/mol. The molecule has 0 aliphatic rings. The maximum atomic E-state index is 6.62. The van der Waals surface area contributed by atoms with Crippen molar-refractivity contribution in [2.24, 2.45) is 0 Å². The van der Waals surface area contributed by atoms with E-state index in [0.29, 0.717) is 5.71 Å². The summed E-state index contributed by atoms with van der Waals surface area (Å²) >= 11 is 0. The number of allylic oxidation sites excluding steroid dienone is 1. The van der Waals surface area contributed by atoms with Crippen molar-refractivity contribution < 1.29 is 0 Å². The number of hydrogen-bond donors (Lipinski definition) is 2. The maximum absolute atomic E-state index is 6.62. The summed E-state index contributed by atoms with van der Waals surface area (Å²) in [4.78, 5) is 0. The molecule has 0 saturated carbocycles. The molecule has 48 valence electrons. The first kappa shape index (κ1) is 10.4. The highest BCUT2D eigenvalue weighted by Crippen LogP contribution is 1.62. The summed E-state index contributed by atoms with van der Waals surface area (Å²) in [5.74, 6) is 0. The zero-order chi connectivity index (χ0) is 6.99. The predicted octanol–water partition coefficient (Wildman–Crippen LogP) is 1.05. The molecule has 2 N–H and O–H groups in total. The molecule has 0 spiro atoms. The van der Waals surface area contributed by atoms with Crippen molar-refractivity contribution in [3.8, 4) is 0 Å². The van der Waals surface area contributed by atoms with Crippen molar-refractivity contribution in [2.75, 3.05) is 14.1 Å². The van der Waals surface area contributed by atoms with Gasteiger partial charge in [-0.3, -0.25) is 0 Å². The molecule has 2 nitrogen and oxygen atoms in total. The lowest BCUT2D eigenvalue weighted by atomic mass is 10.4. The van der Waals surface area contributed by atoms with E-state index in [4.69, 9.17) is 5.41 Å². The Morgan fingerprint density at radius 1 is 1.62 bits per heavy atom. The Morgan fingerprint density at radius 3 is 1.75 bits per heavy atom. The van der Waals surface area contributed by atoms with Crippen LogP contribution in [0.25, 0.3) is 0 Å². The highest BCUT2D eigenvalue weighted by molar-refractivity contribution is 5.89. The highest BCUT2D eigenvalue weighted by Gasteiger charge is 1.62. The first-order chi connectivity index (χ1) is 3.68. The van der Waals surface area contributed by atoms with E-state index in [1.807, 2.05) is 14.1 Å². The molecule has 0 aliphatic heterocycles. The second-order valence-electron chi connectivity index (χ2n) is 1.39. The fourth-order valence-corrected chi connectivity index (χ4v) is 0. The van der Waals surface area contributed by atoms with Gasteiger partial charge in [0.1, 0.15) is 0 Å². The van der Waals surface area contributed by atoms with Crippen LogP contribution in [0.2, 0.25) is 0 Å². The minimum absolute atomic E-state index is 0.519. The van der Waals surface area contributed by atoms with Crippen LogP contribution < -0.4 is 5.32 Å². The Kier molecular flexibility index (Phi) is 12.5. The van der Waals surface area contributed by atoms with Crippen LogP contribution >= 0.6 is 0 Å². The van der Waals surface area contributed by atoms with Crippen LogP contribution in [0.4, 0.5) is 0 Å². The van der Waals surface area contributed by atoms with Crippen molar-refractivity contribution in [3.05, 3.63) is 12.7 Å². The smallest absolute Gasteiger partial charge is 0.0277 e. The van der Waals surface area contributed by atoms with Gasteiger partial charge in [0.15, 0.2) is 0 Å². The quantitative estimate of drug-likeness (QED) is 0.491. The zero-order valence-corrected chi connectivity index (χ0v) is 5.78. The topological polar surface area (TPSA) is 35.9 Å². The second-order valence-corrected chi connectivity index (χ2v) is 1.39. The molecule has 0 bridgehead atoms. The SMILES string of the molecule is C=CC(C)=N.CNC. The van der Waals surface area contributed by atoms with Gasteiger partial charge >= 0.3 is 0 Å². The Bertz CT molecular complexity index is 66.9. The molecule has 8 heavy (non-hydrogen) atoms. The third-order valence-corrected chi connectivity index (χ3v) is 0.306. The molecule has 0 amide bonds. The van der Waals surface area contributed by atoms with Gasteiger partial charge in [-0.2, -0.15) is 0 Å². The van der Waals surface area contributed by atoms with E-state index in [9.17, 15) is 0 Å². The summed E-state index contributed by atoms with van der Waals surface area (Å²) in [6.45, 7) is 5.02. The third-order valence-electron chi connectivity index (χ3n) is 0.306. The minimum atomic E-state index is 0.519. The van der Waals surface area contributed by atoms with Gasteiger partial charge in [0.25, 0.3) is 0 Å². The van der Waals surface area contributed by atoms with Crippen molar-refractivity contribution in [3.63, 3.8) is 0 Å². The summed E-state index contributed by atoms with van der Waals surface area (Å²) in [5.41, 5.74) is 0.519. The summed E-state index contributed by atoms with van der Waals surface area (Å²) < 4.78 is 0. The van der Waals surface area contributed by atoms with Gasteiger partial charge in [-0.25, -0.2) is 0 Å². The van der Waals surface area contributed by atoms with Crippen molar-refractivity contribution in [1.29, 1.82) is 5.41 Å². The van der Waals surface area contributed by atoms with E-state index in [1.54, 1.807) is 6.92 Å². The van der Waals surface area contributed by atoms with Crippen LogP contribution in [0.5, 0.6) is 0 Å². The number of rotatable bonds is 1.